The topological polar surface area (TPSA) is 92.5 Å². The number of imide groups is 2. The first kappa shape index (κ1) is 11.9. The molecule has 100 valence electrons. The third kappa shape index (κ3) is 1.65. The Morgan fingerprint density at radius 2 is 2.16 bits per heavy atom. The molecule has 2 heterocycles. The van der Waals surface area contributed by atoms with Crippen molar-refractivity contribution in [2.45, 2.75) is 32.7 Å². The van der Waals surface area contributed by atoms with E-state index in [1.54, 1.807) is 6.92 Å². The number of oxazole rings is 1. The van der Waals surface area contributed by atoms with Gasteiger partial charge in [-0.15, -0.1) is 0 Å². The van der Waals surface area contributed by atoms with E-state index in [1.807, 2.05) is 0 Å². The smallest absolute Gasteiger partial charge is 0.331 e. The van der Waals surface area contributed by atoms with E-state index in [1.165, 1.54) is 6.20 Å². The Bertz CT molecular complexity index is 573. The molecule has 2 aliphatic rings. The van der Waals surface area contributed by atoms with Crippen LogP contribution >= 0.6 is 0 Å². The van der Waals surface area contributed by atoms with Crippen LogP contribution in [0.2, 0.25) is 0 Å². The maximum absolute atomic E-state index is 12.3. The SMILES string of the molecule is Cc1cnc(CN2C(=O)NC(=O)C3(CCC3)C2=O)o1. The number of urea groups is 1. The predicted molar refractivity (Wildman–Crippen MR) is 61.6 cm³/mol. The lowest BCUT2D eigenvalue weighted by atomic mass is 9.66. The minimum atomic E-state index is -1.05. The van der Waals surface area contributed by atoms with Gasteiger partial charge in [-0.25, -0.2) is 9.78 Å². The Morgan fingerprint density at radius 1 is 1.42 bits per heavy atom. The fraction of sp³-hybridized carbons (Fsp3) is 0.500. The monoisotopic (exact) mass is 263 g/mol. The zero-order valence-corrected chi connectivity index (χ0v) is 10.4. The predicted octanol–water partition coefficient (Wildman–Crippen LogP) is 0.732. The second-order valence-electron chi connectivity index (χ2n) is 4.95. The van der Waals surface area contributed by atoms with Gasteiger partial charge in [-0.1, -0.05) is 6.42 Å². The number of hydrogen-bond donors (Lipinski definition) is 1. The Hall–Kier alpha value is -2.18. The van der Waals surface area contributed by atoms with Gasteiger partial charge in [0.1, 0.15) is 17.7 Å². The number of aryl methyl sites for hydroxylation is 1. The van der Waals surface area contributed by atoms with Gasteiger partial charge in [0.15, 0.2) is 0 Å². The number of carbonyl (C=O) groups is 3. The van der Waals surface area contributed by atoms with Crippen molar-refractivity contribution in [2.75, 3.05) is 0 Å². The number of nitrogens with zero attached hydrogens (tertiary/aromatic N) is 2. The first-order chi connectivity index (χ1) is 9.03. The van der Waals surface area contributed by atoms with Crippen LogP contribution in [-0.4, -0.2) is 27.7 Å². The molecule has 1 aliphatic heterocycles. The van der Waals surface area contributed by atoms with Crippen LogP contribution in [-0.2, 0) is 16.1 Å². The highest BCUT2D eigenvalue weighted by molar-refractivity contribution is 6.19. The lowest BCUT2D eigenvalue weighted by Gasteiger charge is -2.44. The highest BCUT2D eigenvalue weighted by atomic mass is 16.4. The normalized spacial score (nSPS) is 21.5. The Kier molecular flexibility index (Phi) is 2.44. The molecule has 1 N–H and O–H groups in total. The van der Waals surface area contributed by atoms with Crippen LogP contribution in [0.4, 0.5) is 4.79 Å². The molecular formula is C12H13N3O4. The first-order valence-corrected chi connectivity index (χ1v) is 6.12. The molecule has 2 fully saturated rings. The van der Waals surface area contributed by atoms with Crippen molar-refractivity contribution in [2.24, 2.45) is 5.41 Å². The summed E-state index contributed by atoms with van der Waals surface area (Å²) < 4.78 is 5.26. The number of amides is 4. The number of barbiturate groups is 1. The van der Waals surface area contributed by atoms with Gasteiger partial charge in [-0.05, 0) is 19.8 Å². The fourth-order valence-corrected chi connectivity index (χ4v) is 2.46. The molecule has 4 amide bonds. The molecule has 1 saturated carbocycles. The molecule has 0 bridgehead atoms. The van der Waals surface area contributed by atoms with Crippen molar-refractivity contribution in [3.63, 3.8) is 0 Å². The van der Waals surface area contributed by atoms with E-state index in [-0.39, 0.29) is 12.4 Å². The molecule has 1 spiro atoms. The van der Waals surface area contributed by atoms with Gasteiger partial charge >= 0.3 is 6.03 Å². The summed E-state index contributed by atoms with van der Waals surface area (Å²) in [6.45, 7) is 1.68. The standard InChI is InChI=1S/C12H13N3O4/c1-7-5-13-8(19-7)6-15-10(17)12(3-2-4-12)9(16)14-11(15)18/h5H,2-4,6H2,1H3,(H,14,16,18). The zero-order chi connectivity index (χ0) is 13.6. The molecule has 19 heavy (non-hydrogen) atoms. The van der Waals surface area contributed by atoms with Crippen LogP contribution in [0.15, 0.2) is 10.6 Å². The number of carbonyl (C=O) groups excluding carboxylic acids is 3. The van der Waals surface area contributed by atoms with Crippen LogP contribution in [0.25, 0.3) is 0 Å². The summed E-state index contributed by atoms with van der Waals surface area (Å²) in [5.41, 5.74) is -1.05. The molecule has 7 heteroatoms. The Morgan fingerprint density at radius 3 is 2.68 bits per heavy atom. The minimum absolute atomic E-state index is 0.0481. The number of aromatic nitrogens is 1. The molecular weight excluding hydrogens is 250 g/mol. The van der Waals surface area contributed by atoms with E-state index in [0.29, 0.717) is 18.6 Å². The molecule has 0 radical (unpaired) electrons. The highest BCUT2D eigenvalue weighted by Crippen LogP contribution is 2.44. The van der Waals surface area contributed by atoms with Crippen molar-refractivity contribution in [1.29, 1.82) is 0 Å². The number of hydrogen-bond acceptors (Lipinski definition) is 5. The summed E-state index contributed by atoms with van der Waals surface area (Å²) in [5, 5.41) is 2.24. The van der Waals surface area contributed by atoms with E-state index >= 15 is 0 Å². The van der Waals surface area contributed by atoms with E-state index in [4.69, 9.17) is 4.42 Å². The van der Waals surface area contributed by atoms with Crippen LogP contribution in [0.5, 0.6) is 0 Å². The molecule has 1 aromatic heterocycles. The number of nitrogens with one attached hydrogen (secondary N) is 1. The second-order valence-corrected chi connectivity index (χ2v) is 4.95. The Balaban J connectivity index is 1.85. The Labute approximate surface area is 109 Å². The van der Waals surface area contributed by atoms with Crippen LogP contribution in [0.1, 0.15) is 30.9 Å². The molecule has 0 atom stereocenters. The summed E-state index contributed by atoms with van der Waals surface area (Å²) in [6.07, 6.45) is 3.32. The average Bonchev–Trinajstić information content (AvgIpc) is 2.68. The third-order valence-electron chi connectivity index (χ3n) is 3.72. The molecule has 0 aromatic carbocycles. The summed E-state index contributed by atoms with van der Waals surface area (Å²) in [5.74, 6) is -0.0314. The van der Waals surface area contributed by atoms with Crippen molar-refractivity contribution in [3.8, 4) is 0 Å². The first-order valence-electron chi connectivity index (χ1n) is 6.12. The van der Waals surface area contributed by atoms with Gasteiger partial charge in [0.25, 0.3) is 0 Å². The van der Waals surface area contributed by atoms with Crippen molar-refractivity contribution in [1.82, 2.24) is 15.2 Å². The maximum atomic E-state index is 12.3. The van der Waals surface area contributed by atoms with Crippen LogP contribution < -0.4 is 5.32 Å². The van der Waals surface area contributed by atoms with Crippen molar-refractivity contribution >= 4 is 17.8 Å². The summed E-state index contributed by atoms with van der Waals surface area (Å²) in [7, 11) is 0. The average molecular weight is 263 g/mol. The third-order valence-corrected chi connectivity index (χ3v) is 3.72. The van der Waals surface area contributed by atoms with E-state index in [0.717, 1.165) is 11.3 Å². The molecule has 3 rings (SSSR count). The van der Waals surface area contributed by atoms with Gasteiger partial charge in [-0.3, -0.25) is 19.8 Å². The lowest BCUT2D eigenvalue weighted by Crippen LogP contribution is -2.65. The van der Waals surface area contributed by atoms with E-state index in [9.17, 15) is 14.4 Å². The minimum Gasteiger partial charge on any atom is -0.444 e. The molecule has 7 nitrogen and oxygen atoms in total. The van der Waals surface area contributed by atoms with Gasteiger partial charge in [0.05, 0.1) is 6.20 Å². The van der Waals surface area contributed by atoms with Gasteiger partial charge in [-0.2, -0.15) is 0 Å². The highest BCUT2D eigenvalue weighted by Gasteiger charge is 2.57. The number of rotatable bonds is 2. The second kappa shape index (κ2) is 3.91. The maximum Gasteiger partial charge on any atom is 0.331 e. The summed E-state index contributed by atoms with van der Waals surface area (Å²) in [6, 6.07) is -0.705. The summed E-state index contributed by atoms with van der Waals surface area (Å²) in [4.78, 5) is 40.9. The van der Waals surface area contributed by atoms with Gasteiger partial charge < -0.3 is 4.42 Å². The van der Waals surface area contributed by atoms with Crippen molar-refractivity contribution < 1.29 is 18.8 Å². The zero-order valence-electron chi connectivity index (χ0n) is 10.4. The van der Waals surface area contributed by atoms with E-state index < -0.39 is 23.3 Å². The lowest BCUT2D eigenvalue weighted by molar-refractivity contribution is -0.158. The van der Waals surface area contributed by atoms with Crippen LogP contribution in [0, 0.1) is 12.3 Å². The fourth-order valence-electron chi connectivity index (χ4n) is 2.46. The molecule has 1 saturated heterocycles. The van der Waals surface area contributed by atoms with Gasteiger partial charge in [0, 0.05) is 0 Å². The van der Waals surface area contributed by atoms with Gasteiger partial charge in [0.2, 0.25) is 17.7 Å². The largest absolute Gasteiger partial charge is 0.444 e. The van der Waals surface area contributed by atoms with E-state index in [2.05, 4.69) is 10.3 Å². The van der Waals surface area contributed by atoms with Crippen LogP contribution in [0.3, 0.4) is 0 Å². The molecule has 0 unspecified atom stereocenters. The summed E-state index contributed by atoms with van der Waals surface area (Å²) >= 11 is 0. The molecule has 1 aromatic rings. The van der Waals surface area contributed by atoms with Crippen molar-refractivity contribution in [3.05, 3.63) is 17.8 Å². The quantitative estimate of drug-likeness (QED) is 0.794. The molecule has 1 aliphatic carbocycles.